The molecule has 1 fully saturated rings. The summed E-state index contributed by atoms with van der Waals surface area (Å²) in [5.41, 5.74) is 5.59. The number of hydrogen-bond donors (Lipinski definition) is 1. The van der Waals surface area contributed by atoms with Crippen molar-refractivity contribution in [2.24, 2.45) is 5.73 Å². The normalized spacial score (nSPS) is 19.1. The van der Waals surface area contributed by atoms with Crippen LogP contribution in [0.5, 0.6) is 0 Å². The molecule has 80 valence electrons. The number of unbranched alkanes of at least 4 members (excludes halogenated alkanes) is 1. The molecule has 1 atom stereocenters. The molecule has 0 aromatic rings. The standard InChI is InChI=1S/C10H18N2O2/c1-8(11)4-2-3-7-12-9(13)5-6-10(12)14/h8H,2-7,11H2,1H3. The van der Waals surface area contributed by atoms with Crippen molar-refractivity contribution in [3.63, 3.8) is 0 Å². The van der Waals surface area contributed by atoms with E-state index in [1.807, 2.05) is 6.92 Å². The lowest BCUT2D eigenvalue weighted by molar-refractivity contribution is -0.138. The van der Waals surface area contributed by atoms with E-state index in [2.05, 4.69) is 0 Å². The fourth-order valence-corrected chi connectivity index (χ4v) is 1.61. The summed E-state index contributed by atoms with van der Waals surface area (Å²) in [5.74, 6) is -0.0356. The van der Waals surface area contributed by atoms with Crippen molar-refractivity contribution in [1.82, 2.24) is 4.90 Å². The lowest BCUT2D eigenvalue weighted by Crippen LogP contribution is -2.30. The zero-order valence-electron chi connectivity index (χ0n) is 8.66. The van der Waals surface area contributed by atoms with Gasteiger partial charge in [0.25, 0.3) is 0 Å². The van der Waals surface area contributed by atoms with Crippen molar-refractivity contribution in [2.45, 2.75) is 45.1 Å². The van der Waals surface area contributed by atoms with E-state index in [4.69, 9.17) is 5.73 Å². The topological polar surface area (TPSA) is 63.4 Å². The molecule has 2 N–H and O–H groups in total. The first kappa shape index (κ1) is 11.2. The molecule has 0 spiro atoms. The van der Waals surface area contributed by atoms with Crippen molar-refractivity contribution >= 4 is 11.8 Å². The Bertz CT molecular complexity index is 210. The van der Waals surface area contributed by atoms with Gasteiger partial charge in [0, 0.05) is 25.4 Å². The Morgan fingerprint density at radius 2 is 1.86 bits per heavy atom. The number of nitrogens with two attached hydrogens (primary N) is 1. The van der Waals surface area contributed by atoms with Crippen molar-refractivity contribution in [1.29, 1.82) is 0 Å². The molecule has 0 aromatic carbocycles. The number of nitrogens with zero attached hydrogens (tertiary/aromatic N) is 1. The predicted octanol–water partition coefficient (Wildman–Crippen LogP) is 0.653. The molecule has 0 bridgehead atoms. The van der Waals surface area contributed by atoms with Gasteiger partial charge < -0.3 is 5.73 Å². The van der Waals surface area contributed by atoms with Gasteiger partial charge in [-0.3, -0.25) is 14.5 Å². The molecule has 0 saturated carbocycles. The Balaban J connectivity index is 2.17. The van der Waals surface area contributed by atoms with Gasteiger partial charge >= 0.3 is 0 Å². The van der Waals surface area contributed by atoms with Crippen LogP contribution in [0.1, 0.15) is 39.0 Å². The van der Waals surface area contributed by atoms with Gasteiger partial charge in [0.2, 0.25) is 11.8 Å². The van der Waals surface area contributed by atoms with Gasteiger partial charge in [-0.25, -0.2) is 0 Å². The minimum Gasteiger partial charge on any atom is -0.328 e. The average molecular weight is 198 g/mol. The van der Waals surface area contributed by atoms with Gasteiger partial charge in [-0.15, -0.1) is 0 Å². The first-order valence-electron chi connectivity index (χ1n) is 5.20. The Hall–Kier alpha value is -0.900. The van der Waals surface area contributed by atoms with E-state index in [-0.39, 0.29) is 17.9 Å². The van der Waals surface area contributed by atoms with E-state index in [9.17, 15) is 9.59 Å². The SMILES string of the molecule is CC(N)CCCCN1C(=O)CCC1=O. The highest BCUT2D eigenvalue weighted by molar-refractivity contribution is 6.01. The van der Waals surface area contributed by atoms with E-state index >= 15 is 0 Å². The van der Waals surface area contributed by atoms with Crippen molar-refractivity contribution in [3.8, 4) is 0 Å². The maximum absolute atomic E-state index is 11.2. The quantitative estimate of drug-likeness (QED) is 0.521. The van der Waals surface area contributed by atoms with Crippen LogP contribution in [-0.4, -0.2) is 29.3 Å². The molecular weight excluding hydrogens is 180 g/mol. The van der Waals surface area contributed by atoms with Crippen LogP contribution in [0.15, 0.2) is 0 Å². The molecule has 1 heterocycles. The van der Waals surface area contributed by atoms with Gasteiger partial charge in [-0.2, -0.15) is 0 Å². The highest BCUT2D eigenvalue weighted by Crippen LogP contribution is 2.12. The Kier molecular flexibility index (Phi) is 4.07. The zero-order valence-corrected chi connectivity index (χ0v) is 8.66. The third-order valence-corrected chi connectivity index (χ3v) is 2.45. The van der Waals surface area contributed by atoms with E-state index in [0.29, 0.717) is 19.4 Å². The van der Waals surface area contributed by atoms with Crippen molar-refractivity contribution in [3.05, 3.63) is 0 Å². The van der Waals surface area contributed by atoms with Gasteiger partial charge in [-0.1, -0.05) is 6.42 Å². The first-order chi connectivity index (χ1) is 6.61. The fraction of sp³-hybridized carbons (Fsp3) is 0.800. The average Bonchev–Trinajstić information content (AvgIpc) is 2.42. The smallest absolute Gasteiger partial charge is 0.229 e. The molecule has 0 radical (unpaired) electrons. The first-order valence-corrected chi connectivity index (χ1v) is 5.20. The molecule has 4 heteroatoms. The lowest BCUT2D eigenvalue weighted by Gasteiger charge is -2.13. The molecule has 1 aliphatic rings. The second-order valence-corrected chi connectivity index (χ2v) is 3.91. The monoisotopic (exact) mass is 198 g/mol. The molecular formula is C10H18N2O2. The molecule has 1 aliphatic heterocycles. The van der Waals surface area contributed by atoms with E-state index in [0.717, 1.165) is 19.3 Å². The van der Waals surface area contributed by atoms with Gasteiger partial charge in [0.1, 0.15) is 0 Å². The van der Waals surface area contributed by atoms with Crippen LogP contribution in [-0.2, 0) is 9.59 Å². The number of carbonyl (C=O) groups excluding carboxylic acids is 2. The van der Waals surface area contributed by atoms with Crippen LogP contribution >= 0.6 is 0 Å². The van der Waals surface area contributed by atoms with Crippen LogP contribution < -0.4 is 5.73 Å². The maximum Gasteiger partial charge on any atom is 0.229 e. The Labute approximate surface area is 84.4 Å². The number of imide groups is 1. The molecule has 14 heavy (non-hydrogen) atoms. The van der Waals surface area contributed by atoms with Crippen LogP contribution in [0.25, 0.3) is 0 Å². The zero-order chi connectivity index (χ0) is 10.6. The number of rotatable bonds is 5. The van der Waals surface area contributed by atoms with E-state index < -0.39 is 0 Å². The number of hydrogen-bond acceptors (Lipinski definition) is 3. The minimum atomic E-state index is -0.0178. The summed E-state index contributed by atoms with van der Waals surface area (Å²) < 4.78 is 0. The van der Waals surface area contributed by atoms with Crippen molar-refractivity contribution < 1.29 is 9.59 Å². The van der Waals surface area contributed by atoms with Gasteiger partial charge in [0.05, 0.1) is 0 Å². The van der Waals surface area contributed by atoms with Crippen LogP contribution in [0, 0.1) is 0 Å². The highest BCUT2D eigenvalue weighted by atomic mass is 16.2. The van der Waals surface area contributed by atoms with Gasteiger partial charge in [0.15, 0.2) is 0 Å². The molecule has 1 saturated heterocycles. The Morgan fingerprint density at radius 3 is 2.36 bits per heavy atom. The van der Waals surface area contributed by atoms with E-state index in [1.54, 1.807) is 0 Å². The molecule has 4 nitrogen and oxygen atoms in total. The van der Waals surface area contributed by atoms with Crippen LogP contribution in [0.4, 0.5) is 0 Å². The molecule has 1 rings (SSSR count). The summed E-state index contributed by atoms with van der Waals surface area (Å²) in [7, 11) is 0. The molecule has 0 aromatic heterocycles. The summed E-state index contributed by atoms with van der Waals surface area (Å²) in [6, 6.07) is 0.208. The third kappa shape index (κ3) is 3.10. The van der Waals surface area contributed by atoms with Crippen LogP contribution in [0.2, 0.25) is 0 Å². The largest absolute Gasteiger partial charge is 0.328 e. The molecule has 1 unspecified atom stereocenters. The second kappa shape index (κ2) is 5.10. The number of carbonyl (C=O) groups is 2. The number of likely N-dealkylation sites (tertiary alicyclic amines) is 1. The third-order valence-electron chi connectivity index (χ3n) is 2.45. The van der Waals surface area contributed by atoms with Gasteiger partial charge in [-0.05, 0) is 19.8 Å². The summed E-state index contributed by atoms with van der Waals surface area (Å²) in [6.07, 6.45) is 3.60. The summed E-state index contributed by atoms with van der Waals surface area (Å²) in [6.45, 7) is 2.54. The molecule has 0 aliphatic carbocycles. The van der Waals surface area contributed by atoms with Crippen LogP contribution in [0.3, 0.4) is 0 Å². The fourth-order valence-electron chi connectivity index (χ4n) is 1.61. The molecule has 2 amide bonds. The number of amides is 2. The Morgan fingerprint density at radius 1 is 1.29 bits per heavy atom. The summed E-state index contributed by atoms with van der Waals surface area (Å²) in [4.78, 5) is 23.8. The predicted molar refractivity (Wildman–Crippen MR) is 53.5 cm³/mol. The second-order valence-electron chi connectivity index (χ2n) is 3.91. The highest BCUT2D eigenvalue weighted by Gasteiger charge is 2.27. The summed E-state index contributed by atoms with van der Waals surface area (Å²) in [5, 5.41) is 0. The maximum atomic E-state index is 11.2. The lowest BCUT2D eigenvalue weighted by atomic mass is 10.1. The minimum absolute atomic E-state index is 0.0178. The van der Waals surface area contributed by atoms with E-state index in [1.165, 1.54) is 4.90 Å². The summed E-state index contributed by atoms with van der Waals surface area (Å²) >= 11 is 0. The van der Waals surface area contributed by atoms with Crippen molar-refractivity contribution in [2.75, 3.05) is 6.54 Å².